The third-order valence-electron chi connectivity index (χ3n) is 4.81. The van der Waals surface area contributed by atoms with E-state index in [1.54, 1.807) is 10.4 Å². The van der Waals surface area contributed by atoms with Crippen LogP contribution in [0.1, 0.15) is 19.3 Å². The number of likely N-dealkylation sites (tertiary alicyclic amines) is 1. The van der Waals surface area contributed by atoms with Crippen molar-refractivity contribution < 1.29 is 12.8 Å². The molecule has 2 fully saturated rings. The van der Waals surface area contributed by atoms with Gasteiger partial charge in [0.15, 0.2) is 5.58 Å². The first kappa shape index (κ1) is 14.9. The highest BCUT2D eigenvalue weighted by Crippen LogP contribution is 2.27. The Hall–Kier alpha value is -1.64. The number of H-pyrrole nitrogens is 1. The van der Waals surface area contributed by atoms with Gasteiger partial charge in [0.2, 0.25) is 10.0 Å². The largest absolute Gasteiger partial charge is 0.417 e. The first-order valence-electron chi connectivity index (χ1n) is 7.91. The van der Waals surface area contributed by atoms with Crippen molar-refractivity contribution in [2.24, 2.45) is 0 Å². The fourth-order valence-electron chi connectivity index (χ4n) is 3.57. The summed E-state index contributed by atoms with van der Waals surface area (Å²) in [6, 6.07) is 4.83. The summed E-state index contributed by atoms with van der Waals surface area (Å²) in [5.74, 6) is -0.579. The summed E-state index contributed by atoms with van der Waals surface area (Å²) in [6.07, 6.45) is 3.28. The standard InChI is InChI=1S/C15H19N3O4S/c19-15-16-13-4-3-12(9-14(13)22-15)23(20,21)18-8-5-11(10-18)17-6-1-2-7-17/h3-4,9,11H,1-2,5-8,10H2,(H,16,19). The predicted molar refractivity (Wildman–Crippen MR) is 84.8 cm³/mol. The van der Waals surface area contributed by atoms with Gasteiger partial charge in [-0.25, -0.2) is 13.2 Å². The highest BCUT2D eigenvalue weighted by molar-refractivity contribution is 7.89. The number of aromatic nitrogens is 1. The number of rotatable bonds is 3. The molecule has 3 heterocycles. The van der Waals surface area contributed by atoms with E-state index >= 15 is 0 Å². The Balaban J connectivity index is 1.60. The Morgan fingerprint density at radius 2 is 1.96 bits per heavy atom. The summed E-state index contributed by atoms with van der Waals surface area (Å²) in [5.41, 5.74) is 0.775. The molecule has 0 spiro atoms. The predicted octanol–water partition coefficient (Wildman–Crippen LogP) is 0.980. The number of nitrogens with zero attached hydrogens (tertiary/aromatic N) is 2. The topological polar surface area (TPSA) is 86.6 Å². The van der Waals surface area contributed by atoms with Gasteiger partial charge in [-0.3, -0.25) is 9.88 Å². The average Bonchev–Trinajstić information content (AvgIpc) is 3.25. The fraction of sp³-hybridized carbons (Fsp3) is 0.533. The Morgan fingerprint density at radius 3 is 2.74 bits per heavy atom. The van der Waals surface area contributed by atoms with E-state index in [-0.39, 0.29) is 10.5 Å². The van der Waals surface area contributed by atoms with Crippen molar-refractivity contribution in [3.05, 3.63) is 28.7 Å². The molecule has 0 radical (unpaired) electrons. The summed E-state index contributed by atoms with van der Waals surface area (Å²) in [4.78, 5) is 16.3. The molecule has 0 bridgehead atoms. The van der Waals surface area contributed by atoms with Crippen molar-refractivity contribution in [3.63, 3.8) is 0 Å². The van der Waals surface area contributed by atoms with Crippen LogP contribution >= 0.6 is 0 Å². The molecule has 1 N–H and O–H groups in total. The summed E-state index contributed by atoms with van der Waals surface area (Å²) >= 11 is 0. The summed E-state index contributed by atoms with van der Waals surface area (Å²) in [7, 11) is -3.55. The maximum atomic E-state index is 12.8. The summed E-state index contributed by atoms with van der Waals surface area (Å²) < 4.78 is 32.2. The van der Waals surface area contributed by atoms with Crippen LogP contribution in [0.4, 0.5) is 0 Å². The number of fused-ring (bicyclic) bond motifs is 1. The zero-order chi connectivity index (χ0) is 16.0. The molecule has 124 valence electrons. The number of sulfonamides is 1. The van der Waals surface area contributed by atoms with Crippen molar-refractivity contribution in [2.45, 2.75) is 30.2 Å². The lowest BCUT2D eigenvalue weighted by Gasteiger charge is -2.23. The Bertz CT molecular complexity index is 880. The van der Waals surface area contributed by atoms with Crippen LogP contribution < -0.4 is 5.76 Å². The van der Waals surface area contributed by atoms with Crippen LogP contribution in [-0.2, 0) is 10.0 Å². The van der Waals surface area contributed by atoms with E-state index in [2.05, 4.69) is 9.88 Å². The van der Waals surface area contributed by atoms with Crippen LogP contribution in [0.5, 0.6) is 0 Å². The Labute approximate surface area is 133 Å². The monoisotopic (exact) mass is 337 g/mol. The average molecular weight is 337 g/mol. The lowest BCUT2D eigenvalue weighted by atomic mass is 10.2. The molecule has 2 aliphatic rings. The molecular weight excluding hydrogens is 318 g/mol. The molecule has 2 aliphatic heterocycles. The molecule has 0 aliphatic carbocycles. The molecule has 0 amide bonds. The third kappa shape index (κ3) is 2.60. The van der Waals surface area contributed by atoms with E-state index in [4.69, 9.17) is 4.42 Å². The van der Waals surface area contributed by atoms with Gasteiger partial charge in [0.1, 0.15) is 0 Å². The van der Waals surface area contributed by atoms with Gasteiger partial charge >= 0.3 is 5.76 Å². The zero-order valence-electron chi connectivity index (χ0n) is 12.7. The Kier molecular flexibility index (Phi) is 3.55. The molecule has 4 rings (SSSR count). The zero-order valence-corrected chi connectivity index (χ0v) is 13.5. The molecule has 23 heavy (non-hydrogen) atoms. The van der Waals surface area contributed by atoms with Gasteiger partial charge in [-0.2, -0.15) is 4.31 Å². The second kappa shape index (κ2) is 5.47. The Morgan fingerprint density at radius 1 is 1.17 bits per heavy atom. The number of benzene rings is 1. The van der Waals surface area contributed by atoms with Crippen molar-refractivity contribution in [1.29, 1.82) is 0 Å². The molecule has 2 aromatic rings. The van der Waals surface area contributed by atoms with E-state index < -0.39 is 15.8 Å². The smallest absolute Gasteiger partial charge is 0.408 e. The van der Waals surface area contributed by atoms with Gasteiger partial charge in [0.25, 0.3) is 0 Å². The van der Waals surface area contributed by atoms with E-state index in [9.17, 15) is 13.2 Å². The maximum Gasteiger partial charge on any atom is 0.417 e. The number of aromatic amines is 1. The molecule has 1 unspecified atom stereocenters. The van der Waals surface area contributed by atoms with Crippen LogP contribution in [0.15, 0.2) is 32.3 Å². The first-order chi connectivity index (χ1) is 11.0. The third-order valence-corrected chi connectivity index (χ3v) is 6.67. The number of hydrogen-bond donors (Lipinski definition) is 1. The van der Waals surface area contributed by atoms with Gasteiger partial charge in [-0.15, -0.1) is 0 Å². The maximum absolute atomic E-state index is 12.8. The lowest BCUT2D eigenvalue weighted by Crippen LogP contribution is -2.37. The number of nitrogens with one attached hydrogen (secondary N) is 1. The van der Waals surface area contributed by atoms with E-state index in [1.165, 1.54) is 25.0 Å². The van der Waals surface area contributed by atoms with Crippen LogP contribution in [0.3, 0.4) is 0 Å². The van der Waals surface area contributed by atoms with Crippen molar-refractivity contribution >= 4 is 21.1 Å². The second-order valence-electron chi connectivity index (χ2n) is 6.22. The van der Waals surface area contributed by atoms with Crippen molar-refractivity contribution in [3.8, 4) is 0 Å². The molecular formula is C15H19N3O4S. The fourth-order valence-corrected chi connectivity index (χ4v) is 5.08. The molecule has 1 atom stereocenters. The molecule has 1 aromatic carbocycles. The molecule has 1 aromatic heterocycles. The van der Waals surface area contributed by atoms with Gasteiger partial charge in [0.05, 0.1) is 10.4 Å². The SMILES string of the molecule is O=c1[nH]c2ccc(S(=O)(=O)N3CCC(N4CCCC4)C3)cc2o1. The molecule has 0 saturated carbocycles. The van der Waals surface area contributed by atoms with Crippen LogP contribution in [-0.4, -0.2) is 54.8 Å². The van der Waals surface area contributed by atoms with Crippen LogP contribution in [0, 0.1) is 0 Å². The van der Waals surface area contributed by atoms with Crippen molar-refractivity contribution in [2.75, 3.05) is 26.2 Å². The van der Waals surface area contributed by atoms with Gasteiger partial charge in [-0.1, -0.05) is 0 Å². The number of hydrogen-bond acceptors (Lipinski definition) is 5. The minimum atomic E-state index is -3.55. The molecule has 8 heteroatoms. The van der Waals surface area contributed by atoms with E-state index in [0.29, 0.717) is 24.6 Å². The van der Waals surface area contributed by atoms with Crippen LogP contribution in [0.25, 0.3) is 11.1 Å². The van der Waals surface area contributed by atoms with Gasteiger partial charge < -0.3 is 4.42 Å². The first-order valence-corrected chi connectivity index (χ1v) is 9.35. The minimum Gasteiger partial charge on any atom is -0.408 e. The number of oxazole rings is 1. The van der Waals surface area contributed by atoms with Gasteiger partial charge in [-0.05, 0) is 44.5 Å². The highest BCUT2D eigenvalue weighted by Gasteiger charge is 2.36. The lowest BCUT2D eigenvalue weighted by molar-refractivity contribution is 0.251. The minimum absolute atomic E-state index is 0.176. The van der Waals surface area contributed by atoms with Gasteiger partial charge in [0, 0.05) is 25.2 Å². The quantitative estimate of drug-likeness (QED) is 0.902. The molecule has 2 saturated heterocycles. The van der Waals surface area contributed by atoms with Crippen molar-refractivity contribution in [1.82, 2.24) is 14.2 Å². The molecule has 7 nitrogen and oxygen atoms in total. The van der Waals surface area contributed by atoms with E-state index in [1.807, 2.05) is 0 Å². The van der Waals surface area contributed by atoms with E-state index in [0.717, 1.165) is 19.5 Å². The highest BCUT2D eigenvalue weighted by atomic mass is 32.2. The summed E-state index contributed by atoms with van der Waals surface area (Å²) in [6.45, 7) is 3.22. The summed E-state index contributed by atoms with van der Waals surface area (Å²) in [5, 5.41) is 0. The second-order valence-corrected chi connectivity index (χ2v) is 8.16. The van der Waals surface area contributed by atoms with Crippen LogP contribution in [0.2, 0.25) is 0 Å². The normalized spacial score (nSPS) is 23.9.